The van der Waals surface area contributed by atoms with E-state index in [4.69, 9.17) is 4.42 Å². The maximum atomic E-state index is 14.1. The van der Waals surface area contributed by atoms with Crippen molar-refractivity contribution in [3.05, 3.63) is 64.0 Å². The number of benzene rings is 1. The van der Waals surface area contributed by atoms with Gasteiger partial charge in [-0.1, -0.05) is 12.1 Å². The first-order chi connectivity index (χ1) is 14.0. The molecule has 1 unspecified atom stereocenters. The fourth-order valence-electron chi connectivity index (χ4n) is 4.16. The molecule has 0 saturated heterocycles. The fourth-order valence-corrected chi connectivity index (χ4v) is 5.49. The van der Waals surface area contributed by atoms with E-state index in [0.717, 1.165) is 30.1 Å². The molecular weight excluding hydrogens is 389 g/mol. The van der Waals surface area contributed by atoms with Crippen molar-refractivity contribution in [2.24, 2.45) is 0 Å². The smallest absolute Gasteiger partial charge is 0.256 e. The van der Waals surface area contributed by atoms with Crippen LogP contribution < -0.4 is 15.5 Å². The average Bonchev–Trinajstić information content (AvgIpc) is 3.32. The molecule has 0 radical (unpaired) electrons. The summed E-state index contributed by atoms with van der Waals surface area (Å²) in [5, 5.41) is 7.32. The van der Waals surface area contributed by atoms with Crippen LogP contribution in [0.2, 0.25) is 0 Å². The molecule has 0 spiro atoms. The molecular formula is C22H23FN3O2S+. The molecule has 1 amide bonds. The van der Waals surface area contributed by atoms with E-state index in [1.807, 2.05) is 0 Å². The van der Waals surface area contributed by atoms with E-state index in [-0.39, 0.29) is 11.7 Å². The van der Waals surface area contributed by atoms with Gasteiger partial charge in [-0.3, -0.25) is 4.79 Å². The molecule has 2 aliphatic rings. The number of quaternary nitrogens is 1. The normalized spacial score (nSPS) is 20.8. The van der Waals surface area contributed by atoms with Crippen molar-refractivity contribution >= 4 is 22.2 Å². The summed E-state index contributed by atoms with van der Waals surface area (Å²) in [7, 11) is 0. The molecule has 150 valence electrons. The quantitative estimate of drug-likeness (QED) is 0.618. The highest BCUT2D eigenvalue weighted by Gasteiger charge is 2.35. The zero-order valence-electron chi connectivity index (χ0n) is 16.3. The Hall–Kier alpha value is -2.64. The summed E-state index contributed by atoms with van der Waals surface area (Å²) in [6, 6.07) is 10.6. The first-order valence-corrected chi connectivity index (χ1v) is 10.7. The van der Waals surface area contributed by atoms with Crippen LogP contribution in [0, 0.1) is 5.82 Å². The van der Waals surface area contributed by atoms with Crippen molar-refractivity contribution in [3.63, 3.8) is 0 Å². The van der Waals surface area contributed by atoms with E-state index in [2.05, 4.69) is 24.5 Å². The molecule has 1 aromatic carbocycles. The Labute approximate surface area is 172 Å². The molecule has 0 aliphatic carbocycles. The highest BCUT2D eigenvalue weighted by atomic mass is 32.1. The number of hydrogen-bond acceptors (Lipinski definition) is 4. The molecule has 29 heavy (non-hydrogen) atoms. The third kappa shape index (κ3) is 3.14. The zero-order valence-corrected chi connectivity index (χ0v) is 17.2. The van der Waals surface area contributed by atoms with Crippen LogP contribution in [0.15, 0.2) is 40.8 Å². The second kappa shape index (κ2) is 7.00. The molecule has 4 heterocycles. The lowest BCUT2D eigenvalue weighted by molar-refractivity contribution is -0.936. The lowest BCUT2D eigenvalue weighted by atomic mass is 10.0. The monoisotopic (exact) mass is 412 g/mol. The summed E-state index contributed by atoms with van der Waals surface area (Å²) in [5.41, 5.74) is 2.37. The van der Waals surface area contributed by atoms with Crippen molar-refractivity contribution in [2.45, 2.75) is 39.0 Å². The Morgan fingerprint density at radius 2 is 2.03 bits per heavy atom. The fraction of sp³-hybridized carbons (Fsp3) is 0.318. The number of nitrogens with one attached hydrogen (secondary N) is 3. The predicted octanol–water partition coefficient (Wildman–Crippen LogP) is 3.35. The molecule has 3 N–H and O–H groups in total. The Kier molecular flexibility index (Phi) is 4.44. The largest absolute Gasteiger partial charge is 0.457 e. The number of amides is 1. The van der Waals surface area contributed by atoms with E-state index in [1.54, 1.807) is 46.6 Å². The van der Waals surface area contributed by atoms with Gasteiger partial charge in [0.05, 0.1) is 28.6 Å². The van der Waals surface area contributed by atoms with Crippen LogP contribution in [0.25, 0.3) is 11.3 Å². The second-order valence-electron chi connectivity index (χ2n) is 7.93. The van der Waals surface area contributed by atoms with Crippen LogP contribution in [0.4, 0.5) is 9.39 Å². The van der Waals surface area contributed by atoms with Gasteiger partial charge in [-0.25, -0.2) is 4.39 Å². The zero-order chi connectivity index (χ0) is 20.1. The number of carbonyl (C=O) groups excluding carboxylic acids is 1. The molecule has 0 saturated carbocycles. The topological polar surface area (TPSA) is 58.7 Å². The first-order valence-electron chi connectivity index (χ1n) is 9.92. The van der Waals surface area contributed by atoms with Crippen LogP contribution in [0.3, 0.4) is 0 Å². The average molecular weight is 413 g/mol. The number of hydrogen-bond donors (Lipinski definition) is 3. The van der Waals surface area contributed by atoms with Crippen LogP contribution in [-0.4, -0.2) is 18.5 Å². The van der Waals surface area contributed by atoms with Gasteiger partial charge in [0, 0.05) is 6.42 Å². The van der Waals surface area contributed by atoms with Gasteiger partial charge in [0.1, 0.15) is 28.9 Å². The highest BCUT2D eigenvalue weighted by molar-refractivity contribution is 7.16. The summed E-state index contributed by atoms with van der Waals surface area (Å²) in [4.78, 5) is 15.7. The van der Waals surface area contributed by atoms with Crippen LogP contribution >= 0.6 is 11.3 Å². The molecule has 2 aromatic heterocycles. The van der Waals surface area contributed by atoms with E-state index in [0.29, 0.717) is 23.1 Å². The summed E-state index contributed by atoms with van der Waals surface area (Å²) >= 11 is 1.67. The van der Waals surface area contributed by atoms with Crippen molar-refractivity contribution in [3.8, 4) is 11.3 Å². The van der Waals surface area contributed by atoms with Crippen molar-refractivity contribution in [1.82, 2.24) is 5.32 Å². The lowest BCUT2D eigenvalue weighted by Crippen LogP contribution is -3.14. The summed E-state index contributed by atoms with van der Waals surface area (Å²) < 4.78 is 19.9. The summed E-state index contributed by atoms with van der Waals surface area (Å²) in [5.74, 6) is 0.599. The third-order valence-electron chi connectivity index (χ3n) is 5.82. The van der Waals surface area contributed by atoms with Gasteiger partial charge >= 0.3 is 0 Å². The van der Waals surface area contributed by atoms with Gasteiger partial charge in [-0.15, -0.1) is 11.3 Å². The van der Waals surface area contributed by atoms with Crippen molar-refractivity contribution in [2.75, 3.05) is 11.9 Å². The number of anilines is 1. The Morgan fingerprint density at radius 3 is 2.83 bits per heavy atom. The second-order valence-corrected chi connectivity index (χ2v) is 9.04. The van der Waals surface area contributed by atoms with Gasteiger partial charge in [0.2, 0.25) is 0 Å². The molecule has 2 aliphatic heterocycles. The van der Waals surface area contributed by atoms with Gasteiger partial charge in [0.15, 0.2) is 6.17 Å². The van der Waals surface area contributed by atoms with E-state index in [9.17, 15) is 9.18 Å². The SMILES string of the molecule is CC(C)[NH+]1CCc2c(sc3c2C(=O)N[C@H](c2ccc(-c4ccccc4F)o2)N3)C1. The lowest BCUT2D eigenvalue weighted by Gasteiger charge is -2.28. The number of rotatable bonds is 3. The van der Waals surface area contributed by atoms with Gasteiger partial charge < -0.3 is 20.0 Å². The van der Waals surface area contributed by atoms with Gasteiger partial charge in [0.25, 0.3) is 5.91 Å². The van der Waals surface area contributed by atoms with Crippen LogP contribution in [0.5, 0.6) is 0 Å². The third-order valence-corrected chi connectivity index (χ3v) is 6.98. The minimum absolute atomic E-state index is 0.0712. The molecule has 3 aromatic rings. The van der Waals surface area contributed by atoms with Crippen molar-refractivity contribution < 1.29 is 18.5 Å². The summed E-state index contributed by atoms with van der Waals surface area (Å²) in [6.07, 6.45) is 0.455. The van der Waals surface area contributed by atoms with Gasteiger partial charge in [-0.2, -0.15) is 0 Å². The van der Waals surface area contributed by atoms with E-state index >= 15 is 0 Å². The van der Waals surface area contributed by atoms with E-state index < -0.39 is 6.17 Å². The van der Waals surface area contributed by atoms with E-state index in [1.165, 1.54) is 16.5 Å². The minimum atomic E-state index is -0.468. The molecule has 0 bridgehead atoms. The maximum absolute atomic E-state index is 14.1. The van der Waals surface area contributed by atoms with Crippen LogP contribution in [0.1, 0.15) is 46.6 Å². The number of fused-ring (bicyclic) bond motifs is 3. The first kappa shape index (κ1) is 18.4. The molecule has 7 heteroatoms. The molecule has 5 rings (SSSR count). The number of carbonyl (C=O) groups is 1. The van der Waals surface area contributed by atoms with Gasteiger partial charge in [-0.05, 0) is 43.7 Å². The highest BCUT2D eigenvalue weighted by Crippen LogP contribution is 2.39. The maximum Gasteiger partial charge on any atom is 0.256 e. The number of furan rings is 1. The Balaban J connectivity index is 1.43. The number of thiophene rings is 1. The Bertz CT molecular complexity index is 1090. The predicted molar refractivity (Wildman–Crippen MR) is 111 cm³/mol. The minimum Gasteiger partial charge on any atom is -0.457 e. The number of halogens is 1. The molecule has 0 fully saturated rings. The molecule has 5 nitrogen and oxygen atoms in total. The standard InChI is InChI=1S/C22H22FN3O2S/c1-12(2)26-10-9-14-18(11-26)29-22-19(14)21(27)24-20(25-22)17-8-7-16(28-17)13-5-3-4-6-15(13)23/h3-8,12,20,25H,9-11H2,1-2H3,(H,24,27)/p+1/t20-/m0/s1. The summed E-state index contributed by atoms with van der Waals surface area (Å²) in [6.45, 7) is 6.48. The van der Waals surface area contributed by atoms with Crippen LogP contribution in [-0.2, 0) is 13.0 Å². The Morgan fingerprint density at radius 1 is 1.21 bits per heavy atom. The van der Waals surface area contributed by atoms with Crippen molar-refractivity contribution in [1.29, 1.82) is 0 Å². The molecule has 2 atom stereocenters.